The number of rotatable bonds is 5. The Kier molecular flexibility index (Phi) is 4.24. The van der Waals surface area contributed by atoms with Gasteiger partial charge in [-0.05, 0) is 31.0 Å². The molecule has 0 aliphatic carbocycles. The monoisotopic (exact) mass is 275 g/mol. The van der Waals surface area contributed by atoms with Gasteiger partial charge < -0.3 is 20.1 Å². The number of ether oxygens (including phenoxy) is 1. The molecule has 2 rings (SSSR count). The van der Waals surface area contributed by atoms with E-state index in [-0.39, 0.29) is 11.4 Å². The molecule has 0 fully saturated rings. The first-order valence-corrected chi connectivity index (χ1v) is 6.37. The Bertz CT molecular complexity index is 590. The second-order valence-electron chi connectivity index (χ2n) is 4.31. The van der Waals surface area contributed by atoms with Crippen molar-refractivity contribution in [3.8, 4) is 5.75 Å². The molecule has 1 aromatic carbocycles. The molecule has 0 aliphatic heterocycles. The van der Waals surface area contributed by atoms with Crippen LogP contribution in [0.3, 0.4) is 0 Å². The molecule has 0 amide bonds. The Hall–Kier alpha value is -2.50. The number of benzene rings is 1. The number of hydrogen-bond donors (Lipinski definition) is 2. The molecule has 1 heterocycles. The molecule has 106 valence electrons. The van der Waals surface area contributed by atoms with E-state index in [2.05, 4.69) is 4.98 Å². The van der Waals surface area contributed by atoms with E-state index in [9.17, 15) is 9.90 Å². The van der Waals surface area contributed by atoms with Crippen LogP contribution in [-0.4, -0.2) is 27.2 Å². The summed E-state index contributed by atoms with van der Waals surface area (Å²) in [6.45, 7) is 2.62. The fourth-order valence-corrected chi connectivity index (χ4v) is 1.84. The van der Waals surface area contributed by atoms with Gasteiger partial charge in [0.25, 0.3) is 0 Å². The summed E-state index contributed by atoms with van der Waals surface area (Å²) in [5.41, 5.74) is 7.10. The minimum atomic E-state index is -0.506. The molecule has 0 unspecified atom stereocenters. The fraction of sp³-hybridized carbons (Fsp3) is 0.286. The normalized spacial score (nSPS) is 10.4. The average Bonchev–Trinajstić information content (AvgIpc) is 2.80. The van der Waals surface area contributed by atoms with Crippen LogP contribution in [0.4, 0.5) is 5.82 Å². The van der Waals surface area contributed by atoms with Crippen LogP contribution in [-0.2, 0) is 17.7 Å². The van der Waals surface area contributed by atoms with Gasteiger partial charge in [0.15, 0.2) is 5.69 Å². The third-order valence-electron chi connectivity index (χ3n) is 2.92. The number of carbonyl (C=O) groups excluding carboxylic acids is 1. The van der Waals surface area contributed by atoms with Crippen LogP contribution in [0.1, 0.15) is 23.0 Å². The summed E-state index contributed by atoms with van der Waals surface area (Å²) >= 11 is 0. The number of phenols is 1. The lowest BCUT2D eigenvalue weighted by Crippen LogP contribution is -2.10. The summed E-state index contributed by atoms with van der Waals surface area (Å²) in [6.07, 6.45) is 2.26. The average molecular weight is 275 g/mol. The minimum Gasteiger partial charge on any atom is -0.508 e. The molecule has 6 nitrogen and oxygen atoms in total. The second-order valence-corrected chi connectivity index (χ2v) is 4.31. The Morgan fingerprint density at radius 2 is 2.10 bits per heavy atom. The lowest BCUT2D eigenvalue weighted by molar-refractivity contribution is 0.0521. The topological polar surface area (TPSA) is 90.4 Å². The van der Waals surface area contributed by atoms with Crippen molar-refractivity contribution in [2.24, 2.45) is 0 Å². The van der Waals surface area contributed by atoms with E-state index in [1.807, 2.05) is 12.1 Å². The van der Waals surface area contributed by atoms with Crippen molar-refractivity contribution >= 4 is 11.8 Å². The van der Waals surface area contributed by atoms with E-state index in [0.717, 1.165) is 12.0 Å². The van der Waals surface area contributed by atoms with Crippen LogP contribution in [0.5, 0.6) is 5.75 Å². The van der Waals surface area contributed by atoms with E-state index in [1.165, 1.54) is 6.33 Å². The molecule has 0 atom stereocenters. The summed E-state index contributed by atoms with van der Waals surface area (Å²) in [5, 5.41) is 9.21. The molecule has 0 aliphatic rings. The number of imidazole rings is 1. The lowest BCUT2D eigenvalue weighted by Gasteiger charge is -2.06. The number of nitrogens with two attached hydrogens (primary N) is 1. The standard InChI is InChI=1S/C14H17N3O3/c1-2-20-14(19)12-13(15)17(9-16-12)8-7-10-3-5-11(18)6-4-10/h3-6,9,18H,2,7-8,15H2,1H3. The molecule has 2 aromatic rings. The number of nitrogens with zero attached hydrogens (tertiary/aromatic N) is 2. The number of nitrogen functional groups attached to an aromatic ring is 1. The van der Waals surface area contributed by atoms with Crippen molar-refractivity contribution in [3.63, 3.8) is 0 Å². The van der Waals surface area contributed by atoms with Gasteiger partial charge in [-0.2, -0.15) is 0 Å². The van der Waals surface area contributed by atoms with Gasteiger partial charge in [0, 0.05) is 6.54 Å². The molecule has 20 heavy (non-hydrogen) atoms. The quantitative estimate of drug-likeness (QED) is 0.809. The predicted molar refractivity (Wildman–Crippen MR) is 74.4 cm³/mol. The van der Waals surface area contributed by atoms with E-state index < -0.39 is 5.97 Å². The van der Waals surface area contributed by atoms with Gasteiger partial charge in [-0.25, -0.2) is 9.78 Å². The van der Waals surface area contributed by atoms with Crippen molar-refractivity contribution in [1.82, 2.24) is 9.55 Å². The molecule has 0 radical (unpaired) electrons. The van der Waals surface area contributed by atoms with Crippen LogP contribution in [0.25, 0.3) is 0 Å². The zero-order valence-corrected chi connectivity index (χ0v) is 11.2. The van der Waals surface area contributed by atoms with Gasteiger partial charge in [-0.3, -0.25) is 0 Å². The molecule has 0 bridgehead atoms. The molecule has 0 saturated carbocycles. The highest BCUT2D eigenvalue weighted by Gasteiger charge is 2.16. The zero-order chi connectivity index (χ0) is 14.5. The summed E-state index contributed by atoms with van der Waals surface area (Å²) in [4.78, 5) is 15.6. The maximum Gasteiger partial charge on any atom is 0.360 e. The van der Waals surface area contributed by atoms with Gasteiger partial charge in [0.2, 0.25) is 0 Å². The van der Waals surface area contributed by atoms with Crippen LogP contribution in [0, 0.1) is 0 Å². The molecular weight excluding hydrogens is 258 g/mol. The lowest BCUT2D eigenvalue weighted by atomic mass is 10.1. The number of esters is 1. The number of aromatic hydroxyl groups is 1. The van der Waals surface area contributed by atoms with E-state index in [4.69, 9.17) is 10.5 Å². The highest BCUT2D eigenvalue weighted by Crippen LogP contribution is 2.14. The van der Waals surface area contributed by atoms with Crippen LogP contribution in [0.2, 0.25) is 0 Å². The molecule has 6 heteroatoms. The van der Waals surface area contributed by atoms with E-state index in [0.29, 0.717) is 19.0 Å². The molecule has 0 spiro atoms. The number of aromatic nitrogens is 2. The maximum absolute atomic E-state index is 11.6. The number of anilines is 1. The number of carbonyl (C=O) groups is 1. The molecular formula is C14H17N3O3. The van der Waals surface area contributed by atoms with Crippen molar-refractivity contribution < 1.29 is 14.6 Å². The molecule has 1 aromatic heterocycles. The van der Waals surface area contributed by atoms with Crippen molar-refractivity contribution in [3.05, 3.63) is 41.9 Å². The smallest absolute Gasteiger partial charge is 0.360 e. The maximum atomic E-state index is 11.6. The highest BCUT2D eigenvalue weighted by molar-refractivity contribution is 5.92. The Balaban J connectivity index is 2.03. The summed E-state index contributed by atoms with van der Waals surface area (Å²) in [5.74, 6) is 0.0381. The molecule has 0 saturated heterocycles. The second kappa shape index (κ2) is 6.10. The first kappa shape index (κ1) is 13.9. The van der Waals surface area contributed by atoms with Gasteiger partial charge >= 0.3 is 5.97 Å². The SMILES string of the molecule is CCOC(=O)c1ncn(CCc2ccc(O)cc2)c1N. The number of aryl methyl sites for hydroxylation is 2. The van der Waals surface area contributed by atoms with Crippen LogP contribution < -0.4 is 5.73 Å². The highest BCUT2D eigenvalue weighted by atomic mass is 16.5. The van der Waals surface area contributed by atoms with Crippen molar-refractivity contribution in [2.75, 3.05) is 12.3 Å². The van der Waals surface area contributed by atoms with Crippen LogP contribution in [0.15, 0.2) is 30.6 Å². The first-order chi connectivity index (χ1) is 9.61. The Morgan fingerprint density at radius 3 is 2.75 bits per heavy atom. The molecule has 3 N–H and O–H groups in total. The van der Waals surface area contributed by atoms with E-state index in [1.54, 1.807) is 23.6 Å². The van der Waals surface area contributed by atoms with Crippen molar-refractivity contribution in [1.29, 1.82) is 0 Å². The predicted octanol–water partition coefficient (Wildman–Crippen LogP) is 1.59. The number of hydrogen-bond acceptors (Lipinski definition) is 5. The Morgan fingerprint density at radius 1 is 1.40 bits per heavy atom. The largest absolute Gasteiger partial charge is 0.508 e. The number of phenolic OH excluding ortho intramolecular Hbond substituents is 1. The van der Waals surface area contributed by atoms with Gasteiger partial charge in [-0.1, -0.05) is 12.1 Å². The first-order valence-electron chi connectivity index (χ1n) is 6.37. The van der Waals surface area contributed by atoms with Gasteiger partial charge in [-0.15, -0.1) is 0 Å². The van der Waals surface area contributed by atoms with Crippen LogP contribution >= 0.6 is 0 Å². The summed E-state index contributed by atoms with van der Waals surface area (Å²) < 4.78 is 6.58. The summed E-state index contributed by atoms with van der Waals surface area (Å²) in [6, 6.07) is 6.96. The minimum absolute atomic E-state index is 0.151. The third-order valence-corrected chi connectivity index (χ3v) is 2.92. The summed E-state index contributed by atoms with van der Waals surface area (Å²) in [7, 11) is 0. The Labute approximate surface area is 116 Å². The van der Waals surface area contributed by atoms with Gasteiger partial charge in [0.1, 0.15) is 11.6 Å². The third kappa shape index (κ3) is 3.09. The van der Waals surface area contributed by atoms with Crippen molar-refractivity contribution in [2.45, 2.75) is 19.9 Å². The van der Waals surface area contributed by atoms with Gasteiger partial charge in [0.05, 0.1) is 12.9 Å². The zero-order valence-electron chi connectivity index (χ0n) is 11.2. The fourth-order valence-electron chi connectivity index (χ4n) is 1.84. The van der Waals surface area contributed by atoms with E-state index >= 15 is 0 Å².